The number of nitrogens with zero attached hydrogens (tertiary/aromatic N) is 3. The number of nitrogens with one attached hydrogen (secondary N) is 2. The van der Waals surface area contributed by atoms with Gasteiger partial charge >= 0.3 is 5.69 Å². The maximum absolute atomic E-state index is 11.6. The number of aromatic nitrogens is 2. The van der Waals surface area contributed by atoms with Crippen LogP contribution in [0.15, 0.2) is 53.3 Å². The highest BCUT2D eigenvalue weighted by Gasteiger charge is 2.23. The molecule has 10 heteroatoms. The number of hydrogen-bond acceptors (Lipinski definition) is 6. The van der Waals surface area contributed by atoms with Gasteiger partial charge in [-0.2, -0.15) is 0 Å². The summed E-state index contributed by atoms with van der Waals surface area (Å²) in [5, 5.41) is 18.2. The van der Waals surface area contributed by atoms with E-state index < -0.39 is 4.92 Å². The lowest BCUT2D eigenvalue weighted by molar-refractivity contribution is -0.383. The molecule has 2 aromatic carbocycles. The van der Waals surface area contributed by atoms with Crippen LogP contribution < -0.4 is 10.6 Å². The molecule has 26 heavy (non-hydrogen) atoms. The Kier molecular flexibility index (Phi) is 5.55. The first-order valence-electron chi connectivity index (χ1n) is 7.17. The molecule has 0 saturated carbocycles. The molecule has 0 bridgehead atoms. The molecule has 0 saturated heterocycles. The number of halogens is 3. The van der Waals surface area contributed by atoms with E-state index in [2.05, 4.69) is 36.5 Å². The molecule has 0 amide bonds. The van der Waals surface area contributed by atoms with Gasteiger partial charge in [-0.15, -0.1) is 0 Å². The largest absolute Gasteiger partial charge is 0.353 e. The first-order chi connectivity index (χ1) is 12.4. The molecule has 1 heterocycles. The third-order valence-corrected chi connectivity index (χ3v) is 4.15. The van der Waals surface area contributed by atoms with Crippen LogP contribution in [0.25, 0.3) is 0 Å². The van der Waals surface area contributed by atoms with Crippen LogP contribution in [0.2, 0.25) is 10.0 Å². The minimum absolute atomic E-state index is 0.0147. The molecule has 132 valence electrons. The molecule has 0 unspecified atom stereocenters. The maximum atomic E-state index is 11.6. The van der Waals surface area contributed by atoms with Gasteiger partial charge in [0.1, 0.15) is 6.33 Å². The van der Waals surface area contributed by atoms with E-state index in [0.717, 1.165) is 4.47 Å². The van der Waals surface area contributed by atoms with Crippen molar-refractivity contribution in [1.82, 2.24) is 9.97 Å². The zero-order valence-corrected chi connectivity index (χ0v) is 16.0. The highest BCUT2D eigenvalue weighted by Crippen LogP contribution is 2.34. The molecule has 0 aliphatic carbocycles. The molecule has 0 fully saturated rings. The van der Waals surface area contributed by atoms with Crippen molar-refractivity contribution in [2.45, 2.75) is 0 Å². The van der Waals surface area contributed by atoms with Gasteiger partial charge in [-0.05, 0) is 36.4 Å². The summed E-state index contributed by atoms with van der Waals surface area (Å²) in [7, 11) is 0. The monoisotopic (exact) mass is 453 g/mol. The van der Waals surface area contributed by atoms with Crippen LogP contribution in [0.4, 0.5) is 28.7 Å². The van der Waals surface area contributed by atoms with Crippen LogP contribution in [-0.2, 0) is 0 Å². The predicted molar refractivity (Wildman–Crippen MR) is 106 cm³/mol. The number of benzene rings is 2. The number of hydrogen-bond donors (Lipinski definition) is 2. The minimum atomic E-state index is -0.561. The first-order valence-corrected chi connectivity index (χ1v) is 8.72. The Morgan fingerprint density at radius 3 is 2.15 bits per heavy atom. The summed E-state index contributed by atoms with van der Waals surface area (Å²) >= 11 is 15.3. The van der Waals surface area contributed by atoms with E-state index >= 15 is 0 Å². The van der Waals surface area contributed by atoms with Crippen molar-refractivity contribution in [2.24, 2.45) is 0 Å². The number of rotatable bonds is 5. The minimum Gasteiger partial charge on any atom is -0.334 e. The van der Waals surface area contributed by atoms with E-state index in [9.17, 15) is 10.1 Å². The van der Waals surface area contributed by atoms with Crippen LogP contribution >= 0.6 is 39.1 Å². The van der Waals surface area contributed by atoms with Crippen molar-refractivity contribution in [3.63, 3.8) is 0 Å². The van der Waals surface area contributed by atoms with Crippen LogP contribution in [0.3, 0.4) is 0 Å². The quantitative estimate of drug-likeness (QED) is 0.366. The molecule has 0 aliphatic heterocycles. The van der Waals surface area contributed by atoms with Gasteiger partial charge in [-0.25, -0.2) is 9.97 Å². The van der Waals surface area contributed by atoms with E-state index in [4.69, 9.17) is 23.2 Å². The summed E-state index contributed by atoms with van der Waals surface area (Å²) in [6.45, 7) is 0. The highest BCUT2D eigenvalue weighted by molar-refractivity contribution is 9.10. The van der Waals surface area contributed by atoms with Crippen molar-refractivity contribution < 1.29 is 4.92 Å². The fourth-order valence-electron chi connectivity index (χ4n) is 2.20. The maximum Gasteiger partial charge on any atom is 0.353 e. The van der Waals surface area contributed by atoms with E-state index in [0.29, 0.717) is 21.4 Å². The third-order valence-electron chi connectivity index (χ3n) is 3.22. The summed E-state index contributed by atoms with van der Waals surface area (Å²) < 4.78 is 0.825. The van der Waals surface area contributed by atoms with Crippen LogP contribution in [0.1, 0.15) is 0 Å². The molecule has 2 N–H and O–H groups in total. The normalized spacial score (nSPS) is 10.4. The van der Waals surface area contributed by atoms with Gasteiger partial charge < -0.3 is 10.6 Å². The molecule has 0 aliphatic rings. The predicted octanol–water partition coefficient (Wildman–Crippen LogP) is 5.94. The number of nitro groups is 1. The van der Waals surface area contributed by atoms with E-state index in [1.54, 1.807) is 36.4 Å². The molecule has 0 spiro atoms. The molecular weight excluding hydrogens is 445 g/mol. The SMILES string of the molecule is O=[N+]([O-])c1c(Nc2cc(Cl)cc(Cl)c2)ncnc1Nc1cccc(Br)c1. The van der Waals surface area contributed by atoms with Crippen LogP contribution in [0.5, 0.6) is 0 Å². The zero-order valence-electron chi connectivity index (χ0n) is 12.9. The summed E-state index contributed by atoms with van der Waals surface area (Å²) in [6, 6.07) is 11.9. The van der Waals surface area contributed by atoms with Crippen molar-refractivity contribution in [3.05, 3.63) is 73.4 Å². The highest BCUT2D eigenvalue weighted by atomic mass is 79.9. The Morgan fingerprint density at radius 1 is 0.962 bits per heavy atom. The van der Waals surface area contributed by atoms with Gasteiger partial charge in [0.15, 0.2) is 0 Å². The Labute approximate surface area is 166 Å². The Hall–Kier alpha value is -2.42. The lowest BCUT2D eigenvalue weighted by atomic mass is 10.3. The summed E-state index contributed by atoms with van der Waals surface area (Å²) in [5.74, 6) is 0.0690. The average Bonchev–Trinajstić information content (AvgIpc) is 2.53. The fraction of sp³-hybridized carbons (Fsp3) is 0. The van der Waals surface area contributed by atoms with Gasteiger partial charge in [-0.1, -0.05) is 45.2 Å². The second-order valence-corrected chi connectivity index (χ2v) is 6.88. The molecule has 7 nitrogen and oxygen atoms in total. The molecule has 3 aromatic rings. The third kappa shape index (κ3) is 4.40. The average molecular weight is 455 g/mol. The van der Waals surface area contributed by atoms with Gasteiger partial charge in [-0.3, -0.25) is 10.1 Å². The van der Waals surface area contributed by atoms with Crippen LogP contribution in [-0.4, -0.2) is 14.9 Å². The molecule has 0 radical (unpaired) electrons. The van der Waals surface area contributed by atoms with Crippen LogP contribution in [0, 0.1) is 10.1 Å². The van der Waals surface area contributed by atoms with Crippen molar-refractivity contribution in [2.75, 3.05) is 10.6 Å². The lowest BCUT2D eigenvalue weighted by Gasteiger charge is -2.11. The van der Waals surface area contributed by atoms with Crippen molar-refractivity contribution in [3.8, 4) is 0 Å². The standard InChI is InChI=1S/C16H10BrCl2N5O2/c17-9-2-1-3-12(4-9)22-15-14(24(25)26)16(21-8-20-15)23-13-6-10(18)5-11(19)7-13/h1-8H,(H2,20,21,22,23). The van der Waals surface area contributed by atoms with Gasteiger partial charge in [0.2, 0.25) is 11.6 Å². The Bertz CT molecular complexity index is 966. The number of anilines is 4. The van der Waals surface area contributed by atoms with E-state index in [-0.39, 0.29) is 17.3 Å². The zero-order chi connectivity index (χ0) is 18.7. The topological polar surface area (TPSA) is 93.0 Å². The summed E-state index contributed by atoms with van der Waals surface area (Å²) in [4.78, 5) is 19.0. The van der Waals surface area contributed by atoms with Gasteiger partial charge in [0.05, 0.1) is 4.92 Å². The van der Waals surface area contributed by atoms with Gasteiger partial charge in [0, 0.05) is 25.9 Å². The summed E-state index contributed by atoms with van der Waals surface area (Å²) in [5.41, 5.74) is 0.805. The van der Waals surface area contributed by atoms with Gasteiger partial charge in [0.25, 0.3) is 0 Å². The second kappa shape index (κ2) is 7.86. The first kappa shape index (κ1) is 18.4. The Balaban J connectivity index is 1.99. The van der Waals surface area contributed by atoms with Crippen molar-refractivity contribution >= 4 is 67.8 Å². The fourth-order valence-corrected chi connectivity index (χ4v) is 3.13. The lowest BCUT2D eigenvalue weighted by Crippen LogP contribution is -2.05. The molecule has 1 aromatic heterocycles. The molecule has 0 atom stereocenters. The van der Waals surface area contributed by atoms with Crippen molar-refractivity contribution in [1.29, 1.82) is 0 Å². The second-order valence-electron chi connectivity index (χ2n) is 5.10. The smallest absolute Gasteiger partial charge is 0.334 e. The van der Waals surface area contributed by atoms with E-state index in [1.165, 1.54) is 6.33 Å². The van der Waals surface area contributed by atoms with E-state index in [1.807, 2.05) is 6.07 Å². The Morgan fingerprint density at radius 2 is 1.58 bits per heavy atom. The molecular formula is C16H10BrCl2N5O2. The molecule has 3 rings (SSSR count). The summed E-state index contributed by atoms with van der Waals surface area (Å²) in [6.07, 6.45) is 1.22.